The van der Waals surface area contributed by atoms with Crippen molar-refractivity contribution in [2.75, 3.05) is 12.4 Å². The molecule has 0 spiro atoms. The highest BCUT2D eigenvalue weighted by molar-refractivity contribution is 6.31. The van der Waals surface area contributed by atoms with E-state index in [9.17, 15) is 10.1 Å². The fraction of sp³-hybridized carbons (Fsp3) is 0.158. The second kappa shape index (κ2) is 7.67. The van der Waals surface area contributed by atoms with Crippen LogP contribution in [-0.2, 0) is 4.79 Å². The van der Waals surface area contributed by atoms with Gasteiger partial charge in [-0.1, -0.05) is 41.4 Å². The fourth-order valence-corrected chi connectivity index (χ4v) is 2.25. The van der Waals surface area contributed by atoms with E-state index in [4.69, 9.17) is 16.3 Å². The lowest BCUT2D eigenvalue weighted by Crippen LogP contribution is -2.14. The van der Waals surface area contributed by atoms with Crippen LogP contribution in [0, 0.1) is 25.2 Å². The van der Waals surface area contributed by atoms with Crippen molar-refractivity contribution >= 4 is 29.3 Å². The highest BCUT2D eigenvalue weighted by Crippen LogP contribution is 2.31. The number of ether oxygens (including phenoxy) is 1. The molecular formula is C19H17ClN2O2. The Bertz CT molecular complexity index is 834. The molecule has 5 heteroatoms. The van der Waals surface area contributed by atoms with Gasteiger partial charge in [-0.2, -0.15) is 5.26 Å². The molecule has 2 aromatic carbocycles. The van der Waals surface area contributed by atoms with Crippen LogP contribution in [0.25, 0.3) is 6.08 Å². The van der Waals surface area contributed by atoms with E-state index >= 15 is 0 Å². The molecule has 0 radical (unpaired) electrons. The zero-order valence-electron chi connectivity index (χ0n) is 13.7. The van der Waals surface area contributed by atoms with E-state index in [0.717, 1.165) is 16.7 Å². The number of nitrogens with one attached hydrogen (secondary N) is 1. The molecule has 0 bridgehead atoms. The lowest BCUT2D eigenvalue weighted by Gasteiger charge is -2.12. The van der Waals surface area contributed by atoms with Crippen LogP contribution in [0.5, 0.6) is 5.75 Å². The van der Waals surface area contributed by atoms with E-state index in [1.807, 2.05) is 44.2 Å². The number of anilines is 1. The van der Waals surface area contributed by atoms with Gasteiger partial charge in [0, 0.05) is 11.1 Å². The zero-order valence-corrected chi connectivity index (χ0v) is 14.4. The topological polar surface area (TPSA) is 62.1 Å². The van der Waals surface area contributed by atoms with Crippen molar-refractivity contribution in [1.29, 1.82) is 5.26 Å². The van der Waals surface area contributed by atoms with Crippen LogP contribution in [0.4, 0.5) is 5.69 Å². The van der Waals surface area contributed by atoms with Gasteiger partial charge in [0.05, 0.1) is 12.8 Å². The van der Waals surface area contributed by atoms with Crippen molar-refractivity contribution < 1.29 is 9.53 Å². The third-order valence-electron chi connectivity index (χ3n) is 3.48. The first-order valence-corrected chi connectivity index (χ1v) is 7.66. The third kappa shape index (κ3) is 4.15. The number of carbonyl (C=O) groups excluding carboxylic acids is 1. The van der Waals surface area contributed by atoms with E-state index in [2.05, 4.69) is 5.32 Å². The molecule has 0 fully saturated rings. The standard InChI is InChI=1S/C19H17ClN2O2/c1-12-4-6-14(7-5-12)9-15(11-21)19(23)22-17-8-13(2)16(20)10-18(17)24-3/h4-10H,1-3H3,(H,22,23)/b15-9+. The Kier molecular flexibility index (Phi) is 5.62. The molecule has 0 atom stereocenters. The number of carbonyl (C=O) groups is 1. The highest BCUT2D eigenvalue weighted by Gasteiger charge is 2.14. The normalized spacial score (nSPS) is 10.9. The van der Waals surface area contributed by atoms with Crippen molar-refractivity contribution in [3.8, 4) is 11.8 Å². The summed E-state index contributed by atoms with van der Waals surface area (Å²) in [5, 5.41) is 12.5. The molecule has 0 saturated carbocycles. The maximum Gasteiger partial charge on any atom is 0.266 e. The second-order valence-corrected chi connectivity index (χ2v) is 5.74. The summed E-state index contributed by atoms with van der Waals surface area (Å²) in [5.41, 5.74) is 3.17. The van der Waals surface area contributed by atoms with E-state index in [1.54, 1.807) is 18.2 Å². The minimum absolute atomic E-state index is 0.00788. The lowest BCUT2D eigenvalue weighted by molar-refractivity contribution is -0.112. The molecule has 0 aliphatic heterocycles. The Morgan fingerprint density at radius 3 is 2.50 bits per heavy atom. The number of hydrogen-bond donors (Lipinski definition) is 1. The van der Waals surface area contributed by atoms with Gasteiger partial charge in [0.25, 0.3) is 5.91 Å². The Balaban J connectivity index is 2.29. The largest absolute Gasteiger partial charge is 0.495 e. The molecule has 0 heterocycles. The van der Waals surface area contributed by atoms with Crippen LogP contribution < -0.4 is 10.1 Å². The molecular weight excluding hydrogens is 324 g/mol. The number of rotatable bonds is 4. The number of benzene rings is 2. The van der Waals surface area contributed by atoms with Crippen LogP contribution in [0.2, 0.25) is 5.02 Å². The molecule has 122 valence electrons. The van der Waals surface area contributed by atoms with E-state index < -0.39 is 5.91 Å². The van der Waals surface area contributed by atoms with Crippen LogP contribution in [0.1, 0.15) is 16.7 Å². The van der Waals surface area contributed by atoms with Crippen molar-refractivity contribution in [3.05, 3.63) is 63.7 Å². The summed E-state index contributed by atoms with van der Waals surface area (Å²) in [5.74, 6) is -0.0651. The summed E-state index contributed by atoms with van der Waals surface area (Å²) in [6.45, 7) is 3.80. The molecule has 1 N–H and O–H groups in total. The number of aryl methyl sites for hydroxylation is 2. The first-order chi connectivity index (χ1) is 11.4. The van der Waals surface area contributed by atoms with Gasteiger partial charge in [0.1, 0.15) is 17.4 Å². The van der Waals surface area contributed by atoms with Crippen molar-refractivity contribution in [2.24, 2.45) is 0 Å². The minimum atomic E-state index is -0.502. The Hall–Kier alpha value is -2.77. The van der Waals surface area contributed by atoms with E-state index in [0.29, 0.717) is 16.5 Å². The molecule has 1 amide bonds. The molecule has 2 aromatic rings. The van der Waals surface area contributed by atoms with Crippen LogP contribution in [-0.4, -0.2) is 13.0 Å². The summed E-state index contributed by atoms with van der Waals surface area (Å²) in [6, 6.07) is 12.8. The average Bonchev–Trinajstić information content (AvgIpc) is 2.57. The average molecular weight is 341 g/mol. The third-order valence-corrected chi connectivity index (χ3v) is 3.89. The predicted molar refractivity (Wildman–Crippen MR) is 96.1 cm³/mol. The lowest BCUT2D eigenvalue weighted by atomic mass is 10.1. The number of hydrogen-bond acceptors (Lipinski definition) is 3. The van der Waals surface area contributed by atoms with Crippen LogP contribution in [0.15, 0.2) is 42.0 Å². The monoisotopic (exact) mass is 340 g/mol. The predicted octanol–water partition coefficient (Wildman–Crippen LogP) is 4.51. The summed E-state index contributed by atoms with van der Waals surface area (Å²) in [6.07, 6.45) is 1.55. The Morgan fingerprint density at radius 2 is 1.92 bits per heavy atom. The van der Waals surface area contributed by atoms with Crippen molar-refractivity contribution in [2.45, 2.75) is 13.8 Å². The SMILES string of the molecule is COc1cc(Cl)c(C)cc1NC(=O)/C(C#N)=C/c1ccc(C)cc1. The van der Waals surface area contributed by atoms with Gasteiger partial charge in [-0.05, 0) is 37.1 Å². The molecule has 0 aliphatic rings. The van der Waals surface area contributed by atoms with E-state index in [-0.39, 0.29) is 5.57 Å². The fourth-order valence-electron chi connectivity index (χ4n) is 2.10. The smallest absolute Gasteiger partial charge is 0.266 e. The quantitative estimate of drug-likeness (QED) is 0.658. The second-order valence-electron chi connectivity index (χ2n) is 5.34. The first kappa shape index (κ1) is 17.6. The van der Waals surface area contributed by atoms with Gasteiger partial charge >= 0.3 is 0 Å². The van der Waals surface area contributed by atoms with Gasteiger partial charge in [0.15, 0.2) is 0 Å². The number of nitrogens with zero attached hydrogens (tertiary/aromatic N) is 1. The summed E-state index contributed by atoms with van der Waals surface area (Å²) >= 11 is 6.05. The van der Waals surface area contributed by atoms with Gasteiger partial charge in [0.2, 0.25) is 0 Å². The summed E-state index contributed by atoms with van der Waals surface area (Å²) in [4.78, 5) is 12.4. The van der Waals surface area contributed by atoms with Gasteiger partial charge in [-0.25, -0.2) is 0 Å². The molecule has 4 nitrogen and oxygen atoms in total. The molecule has 24 heavy (non-hydrogen) atoms. The zero-order chi connectivity index (χ0) is 17.7. The van der Waals surface area contributed by atoms with Crippen LogP contribution in [0.3, 0.4) is 0 Å². The van der Waals surface area contributed by atoms with Gasteiger partial charge in [-0.15, -0.1) is 0 Å². The van der Waals surface area contributed by atoms with Crippen molar-refractivity contribution in [1.82, 2.24) is 0 Å². The highest BCUT2D eigenvalue weighted by atomic mass is 35.5. The summed E-state index contributed by atoms with van der Waals surface area (Å²) < 4.78 is 5.23. The molecule has 0 saturated heterocycles. The molecule has 2 rings (SSSR count). The summed E-state index contributed by atoms with van der Waals surface area (Å²) in [7, 11) is 1.49. The number of halogens is 1. The number of nitriles is 1. The number of amides is 1. The minimum Gasteiger partial charge on any atom is -0.495 e. The Morgan fingerprint density at radius 1 is 1.25 bits per heavy atom. The maximum atomic E-state index is 12.4. The number of methoxy groups -OCH3 is 1. The van der Waals surface area contributed by atoms with Gasteiger partial charge < -0.3 is 10.1 Å². The van der Waals surface area contributed by atoms with Crippen molar-refractivity contribution in [3.63, 3.8) is 0 Å². The Labute approximate surface area is 146 Å². The van der Waals surface area contributed by atoms with Crippen LogP contribution >= 0.6 is 11.6 Å². The molecule has 0 aromatic heterocycles. The maximum absolute atomic E-state index is 12.4. The molecule has 0 unspecified atom stereocenters. The first-order valence-electron chi connectivity index (χ1n) is 7.28. The molecule has 0 aliphatic carbocycles. The van der Waals surface area contributed by atoms with E-state index in [1.165, 1.54) is 7.11 Å². The van der Waals surface area contributed by atoms with Gasteiger partial charge in [-0.3, -0.25) is 4.79 Å².